The van der Waals surface area contributed by atoms with Gasteiger partial charge in [-0.2, -0.15) is 0 Å². The van der Waals surface area contributed by atoms with E-state index < -0.39 is 0 Å². The topological polar surface area (TPSA) is 38.3 Å². The molecule has 1 fully saturated rings. The summed E-state index contributed by atoms with van der Waals surface area (Å²) in [7, 11) is 1.57. The van der Waals surface area contributed by atoms with E-state index in [2.05, 4.69) is 21.2 Å². The van der Waals surface area contributed by atoms with E-state index in [0.29, 0.717) is 11.3 Å². The third-order valence-corrected chi connectivity index (χ3v) is 3.44. The Morgan fingerprint density at radius 1 is 1.53 bits per heavy atom. The molecule has 3 nitrogen and oxygen atoms in total. The number of ether oxygens (including phenoxy) is 1. The molecule has 0 unspecified atom stereocenters. The molecule has 0 heterocycles. The maximum absolute atomic E-state index is 11.9. The zero-order valence-corrected chi connectivity index (χ0v) is 11.4. The van der Waals surface area contributed by atoms with Crippen LogP contribution in [0.1, 0.15) is 29.6 Å². The predicted molar refractivity (Wildman–Crippen MR) is 70.4 cm³/mol. The van der Waals surface area contributed by atoms with Crippen molar-refractivity contribution in [2.45, 2.75) is 19.3 Å². The van der Waals surface area contributed by atoms with Crippen LogP contribution >= 0.6 is 15.9 Å². The SMILES string of the molecule is COc1cc(Br)ccc1C(=O)NCCC1CC1. The van der Waals surface area contributed by atoms with Crippen LogP contribution in [0, 0.1) is 5.92 Å². The van der Waals surface area contributed by atoms with Gasteiger partial charge in [0.25, 0.3) is 5.91 Å². The summed E-state index contributed by atoms with van der Waals surface area (Å²) in [6.07, 6.45) is 3.72. The first kappa shape index (κ1) is 12.4. The van der Waals surface area contributed by atoms with Gasteiger partial charge >= 0.3 is 0 Å². The Bertz CT molecular complexity index is 416. The van der Waals surface area contributed by atoms with Crippen LogP contribution < -0.4 is 10.1 Å². The lowest BCUT2D eigenvalue weighted by atomic mass is 10.2. The minimum Gasteiger partial charge on any atom is -0.496 e. The van der Waals surface area contributed by atoms with E-state index in [1.54, 1.807) is 19.2 Å². The lowest BCUT2D eigenvalue weighted by Crippen LogP contribution is -2.25. The van der Waals surface area contributed by atoms with Crippen molar-refractivity contribution in [3.63, 3.8) is 0 Å². The standard InChI is InChI=1S/C13H16BrNO2/c1-17-12-8-10(14)4-5-11(12)13(16)15-7-6-9-2-3-9/h4-5,8-9H,2-3,6-7H2,1H3,(H,15,16). The largest absolute Gasteiger partial charge is 0.496 e. The Morgan fingerprint density at radius 3 is 2.94 bits per heavy atom. The Balaban J connectivity index is 1.96. The molecule has 0 atom stereocenters. The summed E-state index contributed by atoms with van der Waals surface area (Å²) in [6, 6.07) is 5.42. The molecule has 1 N–H and O–H groups in total. The van der Waals surface area contributed by atoms with Crippen molar-refractivity contribution in [2.24, 2.45) is 5.92 Å². The molecular formula is C13H16BrNO2. The van der Waals surface area contributed by atoms with Crippen molar-refractivity contribution in [2.75, 3.05) is 13.7 Å². The number of carbonyl (C=O) groups is 1. The fourth-order valence-electron chi connectivity index (χ4n) is 1.74. The second-order valence-electron chi connectivity index (χ2n) is 4.33. The Morgan fingerprint density at radius 2 is 2.29 bits per heavy atom. The van der Waals surface area contributed by atoms with Gasteiger partial charge in [0.15, 0.2) is 0 Å². The van der Waals surface area contributed by atoms with Gasteiger partial charge in [-0.3, -0.25) is 4.79 Å². The molecule has 1 aromatic rings. The number of hydrogen-bond acceptors (Lipinski definition) is 2. The van der Waals surface area contributed by atoms with E-state index in [-0.39, 0.29) is 5.91 Å². The van der Waals surface area contributed by atoms with Crippen LogP contribution in [0.2, 0.25) is 0 Å². The Hall–Kier alpha value is -1.03. The average molecular weight is 298 g/mol. The van der Waals surface area contributed by atoms with E-state index in [1.807, 2.05) is 6.07 Å². The zero-order valence-electron chi connectivity index (χ0n) is 9.83. The first-order valence-corrected chi connectivity index (χ1v) is 6.61. The molecular weight excluding hydrogens is 282 g/mol. The maximum Gasteiger partial charge on any atom is 0.255 e. The normalized spacial score (nSPS) is 14.5. The van der Waals surface area contributed by atoms with Gasteiger partial charge in [0.2, 0.25) is 0 Å². The van der Waals surface area contributed by atoms with E-state index >= 15 is 0 Å². The Kier molecular flexibility index (Phi) is 4.05. The molecule has 1 saturated carbocycles. The molecule has 1 aliphatic rings. The fourth-order valence-corrected chi connectivity index (χ4v) is 2.08. The number of hydrogen-bond donors (Lipinski definition) is 1. The van der Waals surface area contributed by atoms with Gasteiger partial charge in [0.1, 0.15) is 5.75 Å². The minimum atomic E-state index is -0.0602. The maximum atomic E-state index is 11.9. The summed E-state index contributed by atoms with van der Waals surface area (Å²) in [6.45, 7) is 0.753. The highest BCUT2D eigenvalue weighted by molar-refractivity contribution is 9.10. The van der Waals surface area contributed by atoms with Gasteiger partial charge in [-0.1, -0.05) is 28.8 Å². The molecule has 4 heteroatoms. The summed E-state index contributed by atoms with van der Waals surface area (Å²) in [5, 5.41) is 2.93. The van der Waals surface area contributed by atoms with Crippen LogP contribution in [-0.2, 0) is 0 Å². The highest BCUT2D eigenvalue weighted by atomic mass is 79.9. The number of methoxy groups -OCH3 is 1. The molecule has 0 radical (unpaired) electrons. The predicted octanol–water partition coefficient (Wildman–Crippen LogP) is 2.99. The third-order valence-electron chi connectivity index (χ3n) is 2.94. The molecule has 0 aromatic heterocycles. The summed E-state index contributed by atoms with van der Waals surface area (Å²) >= 11 is 3.35. The number of rotatable bonds is 5. The number of carbonyl (C=O) groups excluding carboxylic acids is 1. The molecule has 0 bridgehead atoms. The summed E-state index contributed by atoms with van der Waals surface area (Å²) in [4.78, 5) is 11.9. The number of amides is 1. The lowest BCUT2D eigenvalue weighted by Gasteiger charge is -2.09. The molecule has 1 aromatic carbocycles. The first-order chi connectivity index (χ1) is 8.20. The van der Waals surface area contributed by atoms with E-state index in [1.165, 1.54) is 12.8 Å². The smallest absolute Gasteiger partial charge is 0.255 e. The van der Waals surface area contributed by atoms with Gasteiger partial charge in [0.05, 0.1) is 12.7 Å². The summed E-state index contributed by atoms with van der Waals surface area (Å²) < 4.78 is 6.10. The zero-order chi connectivity index (χ0) is 12.3. The van der Waals surface area contributed by atoms with Crippen LogP contribution in [0.4, 0.5) is 0 Å². The molecule has 17 heavy (non-hydrogen) atoms. The highest BCUT2D eigenvalue weighted by Gasteiger charge is 2.21. The fraction of sp³-hybridized carbons (Fsp3) is 0.462. The van der Waals surface area contributed by atoms with Crippen LogP contribution in [0.3, 0.4) is 0 Å². The van der Waals surface area contributed by atoms with Gasteiger partial charge in [-0.15, -0.1) is 0 Å². The van der Waals surface area contributed by atoms with Crippen molar-refractivity contribution in [1.29, 1.82) is 0 Å². The van der Waals surface area contributed by atoms with Crippen molar-refractivity contribution < 1.29 is 9.53 Å². The van der Waals surface area contributed by atoms with Crippen molar-refractivity contribution in [3.05, 3.63) is 28.2 Å². The first-order valence-electron chi connectivity index (χ1n) is 5.82. The average Bonchev–Trinajstić information content (AvgIpc) is 3.12. The Labute approximate surface area is 110 Å². The molecule has 0 spiro atoms. The molecule has 92 valence electrons. The molecule has 1 aliphatic carbocycles. The summed E-state index contributed by atoms with van der Waals surface area (Å²) in [5.41, 5.74) is 0.589. The molecule has 1 amide bonds. The van der Waals surface area contributed by atoms with Gasteiger partial charge in [0, 0.05) is 11.0 Å². The molecule has 2 rings (SSSR count). The second kappa shape index (κ2) is 5.54. The number of benzene rings is 1. The number of nitrogens with one attached hydrogen (secondary N) is 1. The van der Waals surface area contributed by atoms with Crippen molar-refractivity contribution in [1.82, 2.24) is 5.32 Å². The molecule has 0 aliphatic heterocycles. The van der Waals surface area contributed by atoms with Crippen LogP contribution in [0.15, 0.2) is 22.7 Å². The van der Waals surface area contributed by atoms with E-state index in [4.69, 9.17) is 4.74 Å². The van der Waals surface area contributed by atoms with E-state index in [9.17, 15) is 4.79 Å². The van der Waals surface area contributed by atoms with Gasteiger partial charge in [-0.25, -0.2) is 0 Å². The minimum absolute atomic E-state index is 0.0602. The van der Waals surface area contributed by atoms with Gasteiger partial charge in [-0.05, 0) is 30.5 Å². The number of halogens is 1. The monoisotopic (exact) mass is 297 g/mol. The van der Waals surface area contributed by atoms with Crippen molar-refractivity contribution >= 4 is 21.8 Å². The highest BCUT2D eigenvalue weighted by Crippen LogP contribution is 2.31. The lowest BCUT2D eigenvalue weighted by molar-refractivity contribution is 0.0949. The quantitative estimate of drug-likeness (QED) is 0.907. The van der Waals surface area contributed by atoms with Crippen LogP contribution in [0.25, 0.3) is 0 Å². The third kappa shape index (κ3) is 3.46. The van der Waals surface area contributed by atoms with E-state index in [0.717, 1.165) is 23.4 Å². The van der Waals surface area contributed by atoms with Crippen LogP contribution in [-0.4, -0.2) is 19.6 Å². The van der Waals surface area contributed by atoms with Crippen LogP contribution in [0.5, 0.6) is 5.75 Å². The summed E-state index contributed by atoms with van der Waals surface area (Å²) in [5.74, 6) is 1.38. The van der Waals surface area contributed by atoms with Crippen molar-refractivity contribution in [3.8, 4) is 5.75 Å². The second-order valence-corrected chi connectivity index (χ2v) is 5.25. The molecule has 0 saturated heterocycles. The van der Waals surface area contributed by atoms with Gasteiger partial charge < -0.3 is 10.1 Å².